The highest BCUT2D eigenvalue weighted by molar-refractivity contribution is 9.10. The van der Waals surface area contributed by atoms with Crippen molar-refractivity contribution >= 4 is 44.8 Å². The second-order valence-electron chi connectivity index (χ2n) is 3.74. The maximum absolute atomic E-state index is 11.1. The Morgan fingerprint density at radius 1 is 1.21 bits per heavy atom. The minimum atomic E-state index is -0.394. The monoisotopic (exact) mass is 338 g/mol. The number of rotatable bonds is 4. The summed E-state index contributed by atoms with van der Waals surface area (Å²) in [6.45, 7) is 0. The van der Waals surface area contributed by atoms with Gasteiger partial charge in [-0.25, -0.2) is 0 Å². The van der Waals surface area contributed by atoms with E-state index in [0.29, 0.717) is 10.2 Å². The molecule has 0 amide bonds. The van der Waals surface area contributed by atoms with Crippen molar-refractivity contribution in [2.24, 2.45) is 0 Å². The third-order valence-electron chi connectivity index (χ3n) is 2.53. The quantitative estimate of drug-likeness (QED) is 0.493. The van der Waals surface area contributed by atoms with Crippen LogP contribution in [-0.4, -0.2) is 11.2 Å². The molecular weight excluding hydrogens is 328 g/mol. The minimum Gasteiger partial charge on any atom is -0.349 e. The lowest BCUT2D eigenvalue weighted by atomic mass is 10.2. The van der Waals surface area contributed by atoms with Crippen molar-refractivity contribution in [2.45, 2.75) is 4.90 Å². The van der Waals surface area contributed by atoms with Crippen LogP contribution in [0.25, 0.3) is 0 Å². The minimum absolute atomic E-state index is 0.0466. The number of nitrogens with zero attached hydrogens (tertiary/aromatic N) is 1. The van der Waals surface area contributed by atoms with Gasteiger partial charge in [0.15, 0.2) is 0 Å². The van der Waals surface area contributed by atoms with Gasteiger partial charge in [-0.05, 0) is 30.5 Å². The predicted octanol–water partition coefficient (Wildman–Crippen LogP) is 4.82. The van der Waals surface area contributed by atoms with Crippen LogP contribution in [0.15, 0.2) is 51.8 Å². The standard InChI is InChI=1S/C13H11BrN2O2S/c1-19-13-5-3-2-4-11(13)15-10-7-6-9(14)8-12(10)16(17)18/h2-8,15H,1H3. The molecule has 0 saturated heterocycles. The maximum Gasteiger partial charge on any atom is 0.293 e. The topological polar surface area (TPSA) is 55.2 Å². The lowest BCUT2D eigenvalue weighted by molar-refractivity contribution is -0.384. The summed E-state index contributed by atoms with van der Waals surface area (Å²) in [5, 5.41) is 14.2. The molecule has 0 fully saturated rings. The number of hydrogen-bond donors (Lipinski definition) is 1. The molecule has 0 heterocycles. The number of halogens is 1. The molecule has 0 unspecified atom stereocenters. The SMILES string of the molecule is CSc1ccccc1Nc1ccc(Br)cc1[N+](=O)[O-]. The molecule has 2 aromatic carbocycles. The van der Waals surface area contributed by atoms with Gasteiger partial charge < -0.3 is 5.32 Å². The number of benzene rings is 2. The molecule has 0 bridgehead atoms. The number of hydrogen-bond acceptors (Lipinski definition) is 4. The molecule has 0 spiro atoms. The van der Waals surface area contributed by atoms with Gasteiger partial charge in [-0.3, -0.25) is 10.1 Å². The van der Waals surface area contributed by atoms with Crippen molar-refractivity contribution in [2.75, 3.05) is 11.6 Å². The van der Waals surface area contributed by atoms with Crippen LogP contribution >= 0.6 is 27.7 Å². The van der Waals surface area contributed by atoms with Gasteiger partial charge in [-0.2, -0.15) is 0 Å². The molecular formula is C13H11BrN2O2S. The van der Waals surface area contributed by atoms with E-state index >= 15 is 0 Å². The Hall–Kier alpha value is -1.53. The molecule has 0 aliphatic rings. The third kappa shape index (κ3) is 3.27. The number of para-hydroxylation sites is 1. The van der Waals surface area contributed by atoms with Crippen molar-refractivity contribution in [3.8, 4) is 0 Å². The van der Waals surface area contributed by atoms with Gasteiger partial charge in [-0.15, -0.1) is 11.8 Å². The van der Waals surface area contributed by atoms with Gasteiger partial charge >= 0.3 is 0 Å². The van der Waals surface area contributed by atoms with Gasteiger partial charge in [0.2, 0.25) is 0 Å². The Bertz CT molecular complexity index is 619. The van der Waals surface area contributed by atoms with E-state index in [4.69, 9.17) is 0 Å². The summed E-state index contributed by atoms with van der Waals surface area (Å²) < 4.78 is 0.683. The molecule has 0 aromatic heterocycles. The summed E-state index contributed by atoms with van der Waals surface area (Å²) >= 11 is 4.83. The van der Waals surface area contributed by atoms with Gasteiger partial charge in [0.05, 0.1) is 10.6 Å². The summed E-state index contributed by atoms with van der Waals surface area (Å²) in [4.78, 5) is 11.7. The zero-order valence-electron chi connectivity index (χ0n) is 10.1. The largest absolute Gasteiger partial charge is 0.349 e. The van der Waals surface area contributed by atoms with Gasteiger partial charge in [0.1, 0.15) is 5.69 Å². The Morgan fingerprint density at radius 2 is 1.95 bits per heavy atom. The van der Waals surface area contributed by atoms with E-state index in [-0.39, 0.29) is 5.69 Å². The highest BCUT2D eigenvalue weighted by atomic mass is 79.9. The molecule has 19 heavy (non-hydrogen) atoms. The lowest BCUT2D eigenvalue weighted by Gasteiger charge is -2.10. The predicted molar refractivity (Wildman–Crippen MR) is 82.3 cm³/mol. The van der Waals surface area contributed by atoms with Gasteiger partial charge in [-0.1, -0.05) is 28.1 Å². The number of nitro benzene ring substituents is 1. The van der Waals surface area contributed by atoms with Crippen LogP contribution in [-0.2, 0) is 0 Å². The summed E-state index contributed by atoms with van der Waals surface area (Å²) in [7, 11) is 0. The molecule has 0 aliphatic carbocycles. The van der Waals surface area contributed by atoms with Crippen molar-refractivity contribution < 1.29 is 4.92 Å². The van der Waals surface area contributed by atoms with E-state index in [2.05, 4.69) is 21.2 Å². The molecule has 6 heteroatoms. The van der Waals surface area contributed by atoms with Crippen LogP contribution in [0.4, 0.5) is 17.1 Å². The first-order valence-electron chi connectivity index (χ1n) is 5.46. The summed E-state index contributed by atoms with van der Waals surface area (Å²) in [6.07, 6.45) is 1.97. The fourth-order valence-electron chi connectivity index (χ4n) is 1.65. The van der Waals surface area contributed by atoms with E-state index in [1.165, 1.54) is 6.07 Å². The van der Waals surface area contributed by atoms with Crippen LogP contribution in [0.2, 0.25) is 0 Å². The van der Waals surface area contributed by atoms with Crippen molar-refractivity contribution in [1.82, 2.24) is 0 Å². The fourth-order valence-corrected chi connectivity index (χ4v) is 2.56. The first-order valence-corrected chi connectivity index (χ1v) is 7.47. The number of thioether (sulfide) groups is 1. The van der Waals surface area contributed by atoms with Crippen LogP contribution < -0.4 is 5.32 Å². The fraction of sp³-hybridized carbons (Fsp3) is 0.0769. The van der Waals surface area contributed by atoms with Crippen LogP contribution in [0, 0.1) is 10.1 Å². The average Bonchev–Trinajstić information content (AvgIpc) is 2.41. The van der Waals surface area contributed by atoms with Gasteiger partial charge in [0.25, 0.3) is 5.69 Å². The lowest BCUT2D eigenvalue weighted by Crippen LogP contribution is -1.98. The third-order valence-corrected chi connectivity index (χ3v) is 3.82. The van der Waals surface area contributed by atoms with E-state index in [9.17, 15) is 10.1 Å². The Labute approximate surface area is 123 Å². The zero-order chi connectivity index (χ0) is 13.8. The van der Waals surface area contributed by atoms with Crippen LogP contribution in [0.3, 0.4) is 0 Å². The molecule has 1 N–H and O–H groups in total. The molecule has 98 valence electrons. The van der Waals surface area contributed by atoms with Crippen LogP contribution in [0.5, 0.6) is 0 Å². The normalized spacial score (nSPS) is 10.2. The average molecular weight is 339 g/mol. The number of nitro groups is 1. The molecule has 2 rings (SSSR count). The number of anilines is 2. The molecule has 2 aromatic rings. The molecule has 0 saturated carbocycles. The second-order valence-corrected chi connectivity index (χ2v) is 5.51. The Balaban J connectivity index is 2.41. The van der Waals surface area contributed by atoms with Crippen molar-refractivity contribution in [3.63, 3.8) is 0 Å². The van der Waals surface area contributed by atoms with Crippen molar-refractivity contribution in [1.29, 1.82) is 0 Å². The summed E-state index contributed by atoms with van der Waals surface area (Å²) in [6, 6.07) is 12.7. The van der Waals surface area contributed by atoms with E-state index < -0.39 is 4.92 Å². The second kappa shape index (κ2) is 6.08. The molecule has 0 aliphatic heterocycles. The van der Waals surface area contributed by atoms with E-state index in [0.717, 1.165) is 10.6 Å². The van der Waals surface area contributed by atoms with Crippen LogP contribution in [0.1, 0.15) is 0 Å². The summed E-state index contributed by atoms with van der Waals surface area (Å²) in [5.74, 6) is 0. The molecule has 0 radical (unpaired) electrons. The van der Waals surface area contributed by atoms with Gasteiger partial charge in [0, 0.05) is 15.4 Å². The van der Waals surface area contributed by atoms with E-state index in [1.54, 1.807) is 23.9 Å². The first-order chi connectivity index (χ1) is 9.11. The molecule has 4 nitrogen and oxygen atoms in total. The smallest absolute Gasteiger partial charge is 0.293 e. The Kier molecular flexibility index (Phi) is 4.44. The van der Waals surface area contributed by atoms with E-state index in [1.807, 2.05) is 30.5 Å². The zero-order valence-corrected chi connectivity index (χ0v) is 12.5. The Morgan fingerprint density at radius 3 is 2.63 bits per heavy atom. The summed E-state index contributed by atoms with van der Waals surface area (Å²) in [5.41, 5.74) is 1.39. The molecule has 0 atom stereocenters. The maximum atomic E-state index is 11.1. The van der Waals surface area contributed by atoms with Crippen molar-refractivity contribution in [3.05, 3.63) is 57.1 Å². The number of nitrogens with one attached hydrogen (secondary N) is 1. The highest BCUT2D eigenvalue weighted by Gasteiger charge is 2.15. The first kappa shape index (κ1) is 13.9. The highest BCUT2D eigenvalue weighted by Crippen LogP contribution is 2.33.